The molecule has 0 spiro atoms. The Labute approximate surface area is 136 Å². The third-order valence-corrected chi connectivity index (χ3v) is 4.27. The summed E-state index contributed by atoms with van der Waals surface area (Å²) in [6, 6.07) is 14.4. The topological polar surface area (TPSA) is 53.1 Å². The first kappa shape index (κ1) is 15.3. The van der Waals surface area contributed by atoms with Crippen LogP contribution in [-0.2, 0) is 11.2 Å². The molecular formula is C20H21NO2. The third-order valence-electron chi connectivity index (χ3n) is 4.27. The van der Waals surface area contributed by atoms with Gasteiger partial charge in [0.05, 0.1) is 12.1 Å². The molecule has 3 aromatic rings. The molecule has 3 rings (SSSR count). The number of benzene rings is 2. The first-order chi connectivity index (χ1) is 11.0. The molecule has 2 aromatic carbocycles. The van der Waals surface area contributed by atoms with Crippen LogP contribution in [0, 0.1) is 6.92 Å². The maximum Gasteiger partial charge on any atom is 0.307 e. The van der Waals surface area contributed by atoms with Gasteiger partial charge in [0, 0.05) is 10.9 Å². The zero-order valence-corrected chi connectivity index (χ0v) is 13.7. The fourth-order valence-electron chi connectivity index (χ4n) is 2.93. The molecule has 0 amide bonds. The summed E-state index contributed by atoms with van der Waals surface area (Å²) in [6.45, 7) is 6.33. The SMILES string of the molecule is Cc1ccc(-c2[nH]c3ccc(C(C)C)cc3c2CC(=O)O)cc1. The van der Waals surface area contributed by atoms with Crippen LogP contribution in [0.25, 0.3) is 22.2 Å². The Hall–Kier alpha value is -2.55. The highest BCUT2D eigenvalue weighted by Gasteiger charge is 2.16. The number of aromatic amines is 1. The van der Waals surface area contributed by atoms with Crippen molar-refractivity contribution in [2.75, 3.05) is 0 Å². The predicted molar refractivity (Wildman–Crippen MR) is 93.9 cm³/mol. The van der Waals surface area contributed by atoms with Crippen LogP contribution in [0.1, 0.15) is 36.5 Å². The predicted octanol–water partition coefficient (Wildman–Crippen LogP) is 4.89. The normalized spacial score (nSPS) is 11.3. The Kier molecular flexibility index (Phi) is 3.95. The molecule has 0 aliphatic heterocycles. The zero-order valence-electron chi connectivity index (χ0n) is 13.7. The summed E-state index contributed by atoms with van der Waals surface area (Å²) >= 11 is 0. The van der Waals surface area contributed by atoms with Crippen molar-refractivity contribution in [1.29, 1.82) is 0 Å². The highest BCUT2D eigenvalue weighted by molar-refractivity contribution is 5.94. The van der Waals surface area contributed by atoms with Gasteiger partial charge >= 0.3 is 5.97 Å². The molecule has 1 heterocycles. The summed E-state index contributed by atoms with van der Waals surface area (Å²) < 4.78 is 0. The van der Waals surface area contributed by atoms with Crippen LogP contribution in [0.2, 0.25) is 0 Å². The lowest BCUT2D eigenvalue weighted by molar-refractivity contribution is -0.136. The summed E-state index contributed by atoms with van der Waals surface area (Å²) in [7, 11) is 0. The number of carbonyl (C=O) groups is 1. The molecule has 0 atom stereocenters. The van der Waals surface area contributed by atoms with E-state index in [1.54, 1.807) is 0 Å². The summed E-state index contributed by atoms with van der Waals surface area (Å²) in [5, 5.41) is 10.3. The minimum atomic E-state index is -0.811. The van der Waals surface area contributed by atoms with Crippen LogP contribution in [0.3, 0.4) is 0 Å². The number of nitrogens with one attached hydrogen (secondary N) is 1. The molecule has 0 radical (unpaired) electrons. The smallest absolute Gasteiger partial charge is 0.307 e. The Bertz CT molecular complexity index is 857. The van der Waals surface area contributed by atoms with Crippen molar-refractivity contribution >= 4 is 16.9 Å². The first-order valence-electron chi connectivity index (χ1n) is 7.89. The number of aryl methyl sites for hydroxylation is 1. The van der Waals surface area contributed by atoms with Crippen molar-refractivity contribution in [3.05, 3.63) is 59.2 Å². The fourth-order valence-corrected chi connectivity index (χ4v) is 2.93. The van der Waals surface area contributed by atoms with E-state index in [4.69, 9.17) is 0 Å². The van der Waals surface area contributed by atoms with Crippen molar-refractivity contribution in [1.82, 2.24) is 4.98 Å². The van der Waals surface area contributed by atoms with E-state index in [1.807, 2.05) is 37.3 Å². The lowest BCUT2D eigenvalue weighted by atomic mass is 9.97. The van der Waals surface area contributed by atoms with Gasteiger partial charge in [-0.1, -0.05) is 49.7 Å². The Morgan fingerprint density at radius 2 is 1.83 bits per heavy atom. The summed E-state index contributed by atoms with van der Waals surface area (Å²) in [4.78, 5) is 14.8. The molecule has 3 heteroatoms. The number of hydrogen-bond acceptors (Lipinski definition) is 1. The number of fused-ring (bicyclic) bond motifs is 1. The molecule has 2 N–H and O–H groups in total. The second kappa shape index (κ2) is 5.92. The molecule has 118 valence electrons. The minimum absolute atomic E-state index is 0.0186. The number of carboxylic acid groups (broad SMARTS) is 1. The van der Waals surface area contributed by atoms with Crippen LogP contribution in [0.15, 0.2) is 42.5 Å². The summed E-state index contributed by atoms with van der Waals surface area (Å²) in [6.07, 6.45) is 0.0186. The second-order valence-corrected chi connectivity index (χ2v) is 6.37. The van der Waals surface area contributed by atoms with Gasteiger partial charge in [-0.05, 0) is 41.7 Å². The van der Waals surface area contributed by atoms with Crippen LogP contribution in [0.4, 0.5) is 0 Å². The third kappa shape index (κ3) is 3.00. The monoisotopic (exact) mass is 307 g/mol. The van der Waals surface area contributed by atoms with E-state index >= 15 is 0 Å². The largest absolute Gasteiger partial charge is 0.481 e. The van der Waals surface area contributed by atoms with Crippen LogP contribution in [0.5, 0.6) is 0 Å². The van der Waals surface area contributed by atoms with Gasteiger partial charge in [0.1, 0.15) is 0 Å². The highest BCUT2D eigenvalue weighted by Crippen LogP contribution is 2.32. The molecular weight excluding hydrogens is 286 g/mol. The van der Waals surface area contributed by atoms with Crippen molar-refractivity contribution in [2.45, 2.75) is 33.1 Å². The van der Waals surface area contributed by atoms with Gasteiger partial charge in [0.15, 0.2) is 0 Å². The molecule has 0 fully saturated rings. The van der Waals surface area contributed by atoms with E-state index in [-0.39, 0.29) is 6.42 Å². The number of H-pyrrole nitrogens is 1. The highest BCUT2D eigenvalue weighted by atomic mass is 16.4. The van der Waals surface area contributed by atoms with Crippen LogP contribution < -0.4 is 0 Å². The summed E-state index contributed by atoms with van der Waals surface area (Å²) in [5.74, 6) is -0.399. The van der Waals surface area contributed by atoms with Gasteiger partial charge in [0.25, 0.3) is 0 Å². The lowest BCUT2D eigenvalue weighted by Crippen LogP contribution is -2.01. The van der Waals surface area contributed by atoms with Gasteiger partial charge in [-0.25, -0.2) is 0 Å². The maximum atomic E-state index is 11.4. The number of carboxylic acids is 1. The van der Waals surface area contributed by atoms with E-state index in [0.717, 1.165) is 27.7 Å². The minimum Gasteiger partial charge on any atom is -0.481 e. The molecule has 0 aliphatic rings. The first-order valence-corrected chi connectivity index (χ1v) is 7.89. The van der Waals surface area contributed by atoms with Gasteiger partial charge in [-0.15, -0.1) is 0 Å². The Balaban J connectivity index is 2.23. The molecule has 3 nitrogen and oxygen atoms in total. The lowest BCUT2D eigenvalue weighted by Gasteiger charge is -2.06. The average molecular weight is 307 g/mol. The number of aliphatic carboxylic acids is 1. The second-order valence-electron chi connectivity index (χ2n) is 6.37. The van der Waals surface area contributed by atoms with E-state index in [9.17, 15) is 9.90 Å². The standard InChI is InChI=1S/C20H21NO2/c1-12(2)15-8-9-18-16(10-15)17(11-19(22)23)20(21-18)14-6-4-13(3)5-7-14/h4-10,12,21H,11H2,1-3H3,(H,22,23). The molecule has 0 aliphatic carbocycles. The average Bonchev–Trinajstić information content (AvgIpc) is 2.85. The molecule has 0 saturated carbocycles. The fraction of sp³-hybridized carbons (Fsp3) is 0.250. The van der Waals surface area contributed by atoms with Crippen molar-refractivity contribution in [2.24, 2.45) is 0 Å². The van der Waals surface area contributed by atoms with Gasteiger partial charge in [0.2, 0.25) is 0 Å². The van der Waals surface area contributed by atoms with Crippen molar-refractivity contribution in [3.8, 4) is 11.3 Å². The summed E-state index contributed by atoms with van der Waals surface area (Å²) in [5.41, 5.74) is 6.18. The number of aromatic nitrogens is 1. The van der Waals surface area contributed by atoms with Crippen molar-refractivity contribution in [3.63, 3.8) is 0 Å². The maximum absolute atomic E-state index is 11.4. The van der Waals surface area contributed by atoms with Gasteiger partial charge in [-0.3, -0.25) is 4.79 Å². The molecule has 0 saturated heterocycles. The van der Waals surface area contributed by atoms with E-state index in [2.05, 4.69) is 31.0 Å². The molecule has 0 bridgehead atoms. The van der Waals surface area contributed by atoms with Crippen LogP contribution in [-0.4, -0.2) is 16.1 Å². The Morgan fingerprint density at radius 1 is 1.13 bits per heavy atom. The van der Waals surface area contributed by atoms with Crippen molar-refractivity contribution < 1.29 is 9.90 Å². The molecule has 1 aromatic heterocycles. The van der Waals surface area contributed by atoms with E-state index in [0.29, 0.717) is 5.92 Å². The Morgan fingerprint density at radius 3 is 2.43 bits per heavy atom. The van der Waals surface area contributed by atoms with Crippen LogP contribution >= 0.6 is 0 Å². The van der Waals surface area contributed by atoms with E-state index < -0.39 is 5.97 Å². The molecule has 23 heavy (non-hydrogen) atoms. The number of hydrogen-bond donors (Lipinski definition) is 2. The molecule has 0 unspecified atom stereocenters. The zero-order chi connectivity index (χ0) is 16.6. The van der Waals surface area contributed by atoms with E-state index in [1.165, 1.54) is 11.1 Å². The number of rotatable bonds is 4. The van der Waals surface area contributed by atoms with Gasteiger partial charge < -0.3 is 10.1 Å². The quantitative estimate of drug-likeness (QED) is 0.720. The van der Waals surface area contributed by atoms with Gasteiger partial charge in [-0.2, -0.15) is 0 Å².